The molecule has 0 aromatic heterocycles. The summed E-state index contributed by atoms with van der Waals surface area (Å²) < 4.78 is 21.3. The topological polar surface area (TPSA) is 68.2 Å². The molecular weight excluding hydrogens is 886 g/mol. The number of halogens is 4. The summed E-state index contributed by atoms with van der Waals surface area (Å²) >= 11 is 14.2. The van der Waals surface area contributed by atoms with E-state index in [1.165, 1.54) is 0 Å². The van der Waals surface area contributed by atoms with Crippen LogP contribution < -0.4 is 9.47 Å². The molecule has 0 amide bonds. The van der Waals surface area contributed by atoms with Gasteiger partial charge in [-0.05, 0) is 127 Å². The fraction of sp³-hybridized carbons (Fsp3) is 0.333. The number of benzene rings is 2. The Morgan fingerprint density at radius 3 is 2.28 bits per heavy atom. The lowest BCUT2D eigenvalue weighted by Gasteiger charge is -2.29. The third kappa shape index (κ3) is 7.64. The molecule has 2 aromatic rings. The predicted octanol–water partition coefficient (Wildman–Crippen LogP) is 5.95. The molecule has 3 rings (SSSR count). The molecule has 0 atom stereocenters. The van der Waals surface area contributed by atoms with Crippen molar-refractivity contribution in [1.29, 1.82) is 0 Å². The lowest BCUT2D eigenvalue weighted by atomic mass is 10.1. The fourth-order valence-corrected chi connectivity index (χ4v) is 7.46. The summed E-state index contributed by atoms with van der Waals surface area (Å²) in [5, 5.41) is 9.03. The summed E-state index contributed by atoms with van der Waals surface area (Å²) in [4.78, 5) is 14.0. The van der Waals surface area contributed by atoms with Gasteiger partial charge in [-0.3, -0.25) is 4.79 Å². The van der Waals surface area contributed by atoms with Crippen molar-refractivity contribution in [3.8, 4) is 17.2 Å². The second-order valence-corrected chi connectivity index (χ2v) is 12.0. The molecule has 0 spiro atoms. The van der Waals surface area contributed by atoms with E-state index < -0.39 is 5.97 Å². The van der Waals surface area contributed by atoms with Crippen LogP contribution in [0.2, 0.25) is 0 Å². The van der Waals surface area contributed by atoms with Gasteiger partial charge in [0, 0.05) is 13.1 Å². The summed E-state index contributed by atoms with van der Waals surface area (Å²) in [5.41, 5.74) is 0.754. The van der Waals surface area contributed by atoms with E-state index >= 15 is 0 Å². The number of aliphatic carboxylic acids is 1. The number of morpholine rings is 1. The molecule has 1 heterocycles. The summed E-state index contributed by atoms with van der Waals surface area (Å²) in [7, 11) is 0. The normalized spacial score (nSPS) is 13.9. The highest BCUT2D eigenvalue weighted by Crippen LogP contribution is 2.37. The third-order valence-electron chi connectivity index (χ3n) is 4.51. The molecular formula is C21H19I4NO5S. The average Bonchev–Trinajstić information content (AvgIpc) is 2.70. The molecule has 6 nitrogen and oxygen atoms in total. The van der Waals surface area contributed by atoms with Crippen LogP contribution in [0.5, 0.6) is 17.2 Å². The molecule has 1 saturated heterocycles. The van der Waals surface area contributed by atoms with Crippen LogP contribution in [0.25, 0.3) is 0 Å². The number of carboxylic acid groups (broad SMARTS) is 1. The molecule has 0 aliphatic carbocycles. The highest BCUT2D eigenvalue weighted by atomic mass is 127. The number of hydrogen-bond acceptors (Lipinski definition) is 5. The molecule has 1 aliphatic rings. The van der Waals surface area contributed by atoms with Gasteiger partial charge in [0.05, 0.1) is 40.5 Å². The Morgan fingerprint density at radius 2 is 1.69 bits per heavy atom. The van der Waals surface area contributed by atoms with Crippen LogP contribution in [-0.4, -0.2) is 53.9 Å². The molecule has 0 saturated carbocycles. The molecule has 1 aliphatic heterocycles. The molecule has 1 fully saturated rings. The van der Waals surface area contributed by atoms with Crippen molar-refractivity contribution in [2.24, 2.45) is 0 Å². The van der Waals surface area contributed by atoms with Crippen LogP contribution in [-0.2, 0) is 16.0 Å². The van der Waals surface area contributed by atoms with Gasteiger partial charge < -0.3 is 24.2 Å². The standard InChI is InChI=1S/C21H19I4NO5S/c22-14-6-12(8-19(27)28)7-15(23)21(14)31-13-9-16(24)20(17(25)10-13)30-4-1-2-26-3-5-29-11-18(26)32/h6-7,9-10H,1-5,8,11H2,(H,27,28). The first kappa shape index (κ1) is 26.9. The predicted molar refractivity (Wildman–Crippen MR) is 160 cm³/mol. The van der Waals surface area contributed by atoms with Gasteiger partial charge in [0.1, 0.15) is 16.5 Å². The number of carbonyl (C=O) groups is 1. The largest absolute Gasteiger partial charge is 0.491 e. The van der Waals surface area contributed by atoms with Crippen LogP contribution in [0.3, 0.4) is 0 Å². The Kier molecular flexibility index (Phi) is 10.8. The molecule has 1 N–H and O–H groups in total. The van der Waals surface area contributed by atoms with Gasteiger partial charge >= 0.3 is 5.97 Å². The first-order chi connectivity index (χ1) is 15.2. The van der Waals surface area contributed by atoms with Crippen molar-refractivity contribution in [2.45, 2.75) is 12.8 Å². The van der Waals surface area contributed by atoms with Gasteiger partial charge in [0.15, 0.2) is 5.75 Å². The van der Waals surface area contributed by atoms with Gasteiger partial charge in [-0.2, -0.15) is 0 Å². The van der Waals surface area contributed by atoms with Crippen LogP contribution in [0.15, 0.2) is 24.3 Å². The van der Waals surface area contributed by atoms with Gasteiger partial charge in [0.25, 0.3) is 0 Å². The van der Waals surface area contributed by atoms with E-state index in [2.05, 4.69) is 95.3 Å². The van der Waals surface area contributed by atoms with E-state index in [1.54, 1.807) is 0 Å². The second kappa shape index (κ2) is 12.8. The number of carboxylic acids is 1. The van der Waals surface area contributed by atoms with E-state index in [4.69, 9.17) is 31.5 Å². The second-order valence-electron chi connectivity index (χ2n) is 6.91. The maximum atomic E-state index is 11.0. The Bertz CT molecular complexity index is 974. The summed E-state index contributed by atoms with van der Waals surface area (Å²) in [5.74, 6) is 1.44. The smallest absolute Gasteiger partial charge is 0.307 e. The Labute approximate surface area is 246 Å². The Balaban J connectivity index is 1.63. The van der Waals surface area contributed by atoms with Gasteiger partial charge in [0.2, 0.25) is 0 Å². The van der Waals surface area contributed by atoms with Crippen LogP contribution in [0, 0.1) is 14.3 Å². The SMILES string of the molecule is O=C(O)Cc1cc(I)c(Oc2cc(I)c(OCCCN3CCOCC3=S)c(I)c2)c(I)c1. The lowest BCUT2D eigenvalue weighted by Crippen LogP contribution is -2.41. The van der Waals surface area contributed by atoms with Crippen molar-refractivity contribution < 1.29 is 24.1 Å². The maximum absolute atomic E-state index is 11.0. The quantitative estimate of drug-likeness (QED) is 0.190. The minimum absolute atomic E-state index is 0.00849. The van der Waals surface area contributed by atoms with E-state index in [1.807, 2.05) is 24.3 Å². The minimum Gasteiger partial charge on any atom is -0.491 e. The van der Waals surface area contributed by atoms with Gasteiger partial charge in [-0.25, -0.2) is 0 Å². The minimum atomic E-state index is -0.849. The van der Waals surface area contributed by atoms with Crippen LogP contribution >= 0.6 is 103 Å². The molecule has 0 radical (unpaired) electrons. The van der Waals surface area contributed by atoms with Crippen molar-refractivity contribution in [3.63, 3.8) is 0 Å². The maximum Gasteiger partial charge on any atom is 0.307 e. The fourth-order valence-electron chi connectivity index (χ4n) is 3.05. The van der Waals surface area contributed by atoms with E-state index in [0.29, 0.717) is 19.0 Å². The molecule has 0 bridgehead atoms. The van der Waals surface area contributed by atoms with Gasteiger partial charge in [-0.1, -0.05) is 12.2 Å². The zero-order valence-corrected chi connectivity index (χ0v) is 26.2. The van der Waals surface area contributed by atoms with Gasteiger partial charge in [-0.15, -0.1) is 0 Å². The monoisotopic (exact) mass is 905 g/mol. The third-order valence-corrected chi connectivity index (χ3v) is 8.09. The molecule has 0 unspecified atom stereocenters. The number of rotatable bonds is 9. The first-order valence-electron chi connectivity index (χ1n) is 9.59. The first-order valence-corrected chi connectivity index (χ1v) is 14.3. The van der Waals surface area contributed by atoms with Crippen molar-refractivity contribution in [2.75, 3.05) is 32.9 Å². The summed E-state index contributed by atoms with van der Waals surface area (Å²) in [6, 6.07) is 7.60. The number of hydrogen-bond donors (Lipinski definition) is 1. The zero-order valence-electron chi connectivity index (χ0n) is 16.7. The molecule has 172 valence electrons. The zero-order chi connectivity index (χ0) is 23.3. The lowest BCUT2D eigenvalue weighted by molar-refractivity contribution is -0.136. The van der Waals surface area contributed by atoms with E-state index in [0.717, 1.165) is 62.4 Å². The summed E-state index contributed by atoms with van der Waals surface area (Å²) in [6.07, 6.45) is 0.870. The molecule has 32 heavy (non-hydrogen) atoms. The van der Waals surface area contributed by atoms with Crippen molar-refractivity contribution in [1.82, 2.24) is 4.90 Å². The Hall–Kier alpha value is 0.280. The van der Waals surface area contributed by atoms with Crippen molar-refractivity contribution in [3.05, 3.63) is 44.1 Å². The number of nitrogens with zero attached hydrogens (tertiary/aromatic N) is 1. The van der Waals surface area contributed by atoms with E-state index in [9.17, 15) is 4.79 Å². The number of thiocarbonyl (C=S) groups is 1. The molecule has 2 aromatic carbocycles. The average molecular weight is 905 g/mol. The van der Waals surface area contributed by atoms with E-state index in [-0.39, 0.29) is 6.42 Å². The van der Waals surface area contributed by atoms with Crippen LogP contribution in [0.4, 0.5) is 0 Å². The van der Waals surface area contributed by atoms with Crippen molar-refractivity contribution >= 4 is 114 Å². The Morgan fingerprint density at radius 1 is 1.06 bits per heavy atom. The summed E-state index contributed by atoms with van der Waals surface area (Å²) in [6.45, 7) is 3.57. The van der Waals surface area contributed by atoms with Crippen LogP contribution in [0.1, 0.15) is 12.0 Å². The highest BCUT2D eigenvalue weighted by Gasteiger charge is 2.16. The highest BCUT2D eigenvalue weighted by molar-refractivity contribution is 14.1. The molecule has 11 heteroatoms. The number of ether oxygens (including phenoxy) is 3.